The molecule has 31 heavy (non-hydrogen) atoms. The molecule has 0 amide bonds. The maximum absolute atomic E-state index is 14.8. The summed E-state index contributed by atoms with van der Waals surface area (Å²) in [5.41, 5.74) is -1.03. The monoisotopic (exact) mass is 448 g/mol. The first kappa shape index (κ1) is 22.9. The lowest BCUT2D eigenvalue weighted by Gasteiger charge is -2.45. The van der Waals surface area contributed by atoms with Crippen molar-refractivity contribution < 1.29 is 36.3 Å². The van der Waals surface area contributed by atoms with E-state index in [1.54, 1.807) is 24.9 Å². The number of anilines is 1. The highest BCUT2D eigenvalue weighted by Gasteiger charge is 2.59. The molecule has 1 N–H and O–H groups in total. The van der Waals surface area contributed by atoms with Crippen molar-refractivity contribution in [3.05, 3.63) is 42.7 Å². The summed E-state index contributed by atoms with van der Waals surface area (Å²) in [6.07, 6.45) is 1.72. The molecule has 4 rings (SSSR count). The Kier molecular flexibility index (Phi) is 6.48. The highest BCUT2D eigenvalue weighted by atomic mass is 19.4. The van der Waals surface area contributed by atoms with Crippen LogP contribution >= 0.6 is 0 Å². The van der Waals surface area contributed by atoms with Gasteiger partial charge >= 0.3 is 12.1 Å². The molecule has 2 aromatic rings. The number of nitrogens with zero attached hydrogens (tertiary/aromatic N) is 4. The van der Waals surface area contributed by atoms with Gasteiger partial charge in [0.2, 0.25) is 0 Å². The number of aromatic nitrogens is 2. The Labute approximate surface area is 174 Å². The number of carbonyl (C=O) groups is 1. The van der Waals surface area contributed by atoms with Gasteiger partial charge in [0.05, 0.1) is 24.4 Å². The second-order valence-electron chi connectivity index (χ2n) is 7.56. The molecule has 0 bridgehead atoms. The average molecular weight is 448 g/mol. The van der Waals surface area contributed by atoms with Crippen molar-refractivity contribution in [3.63, 3.8) is 0 Å². The van der Waals surface area contributed by atoms with Crippen LogP contribution in [0.25, 0.3) is 0 Å². The third kappa shape index (κ3) is 5.30. The number of aliphatic carboxylic acids is 1. The molecule has 170 valence electrons. The zero-order valence-electron chi connectivity index (χ0n) is 16.4. The van der Waals surface area contributed by atoms with Crippen molar-refractivity contribution in [1.82, 2.24) is 14.9 Å². The molecule has 12 heteroatoms. The molecule has 0 saturated carbocycles. The molecule has 2 aliphatic heterocycles. The van der Waals surface area contributed by atoms with Gasteiger partial charge < -0.3 is 14.4 Å². The minimum Gasteiger partial charge on any atom is -0.475 e. The zero-order valence-corrected chi connectivity index (χ0v) is 16.4. The Bertz CT molecular complexity index is 863. The van der Waals surface area contributed by atoms with Crippen LogP contribution in [0.3, 0.4) is 0 Å². The molecule has 2 saturated heterocycles. The average Bonchev–Trinajstić information content (AvgIpc) is 3.37. The van der Waals surface area contributed by atoms with Crippen molar-refractivity contribution >= 4 is 11.8 Å². The topological polar surface area (TPSA) is 82.7 Å². The highest BCUT2D eigenvalue weighted by molar-refractivity contribution is 5.73. The number of hydrogen-bond donors (Lipinski definition) is 1. The minimum absolute atomic E-state index is 0.109. The summed E-state index contributed by atoms with van der Waals surface area (Å²) in [7, 11) is 0. The summed E-state index contributed by atoms with van der Waals surface area (Å²) in [5.74, 6) is -3.93. The maximum atomic E-state index is 14.8. The third-order valence-corrected chi connectivity index (χ3v) is 5.47. The van der Waals surface area contributed by atoms with Crippen LogP contribution in [0.15, 0.2) is 41.4 Å². The fourth-order valence-corrected chi connectivity index (χ4v) is 3.89. The first-order valence-electron chi connectivity index (χ1n) is 9.46. The highest BCUT2D eigenvalue weighted by Crippen LogP contribution is 2.50. The molecule has 7 nitrogen and oxygen atoms in total. The standard InChI is InChI=1S/C17H20F2N4O.C2HF3O2/c18-17(19)4-7-22(11-14-2-1-9-24-14)12-16(17)3-8-23(13-16)15-10-20-5-6-21-15;3-2(4,5)1(6)7/h1-2,5-6,9-10H,3-4,7-8,11-13H2;(H,6,7). The van der Waals surface area contributed by atoms with Crippen LogP contribution in [0.2, 0.25) is 0 Å². The number of piperidine rings is 1. The largest absolute Gasteiger partial charge is 0.490 e. The Hall–Kier alpha value is -2.76. The van der Waals surface area contributed by atoms with Crippen LogP contribution < -0.4 is 4.90 Å². The summed E-state index contributed by atoms with van der Waals surface area (Å²) < 4.78 is 66.7. The summed E-state index contributed by atoms with van der Waals surface area (Å²) in [5, 5.41) is 7.12. The van der Waals surface area contributed by atoms with Gasteiger partial charge in [-0.25, -0.2) is 18.6 Å². The van der Waals surface area contributed by atoms with Crippen molar-refractivity contribution in [2.75, 3.05) is 31.1 Å². The maximum Gasteiger partial charge on any atom is 0.490 e. The molecular weight excluding hydrogens is 427 g/mol. The van der Waals surface area contributed by atoms with Gasteiger partial charge in [0.25, 0.3) is 5.92 Å². The molecule has 0 radical (unpaired) electrons. The normalized spacial score (nSPS) is 23.5. The minimum atomic E-state index is -5.08. The molecule has 2 fully saturated rings. The SMILES string of the molecule is FC1(F)CCN(Cc2ccco2)CC12CCN(c1cnccn1)C2.O=C(O)C(F)(F)F. The fraction of sp³-hybridized carbons (Fsp3) is 0.526. The number of carboxylic acid groups (broad SMARTS) is 1. The van der Waals surface area contributed by atoms with E-state index in [0.29, 0.717) is 45.0 Å². The number of alkyl halides is 5. The number of furan rings is 1. The van der Waals surface area contributed by atoms with E-state index in [9.17, 15) is 22.0 Å². The third-order valence-electron chi connectivity index (χ3n) is 5.47. The molecule has 0 aromatic carbocycles. The Morgan fingerprint density at radius 1 is 1.19 bits per heavy atom. The number of rotatable bonds is 3. The van der Waals surface area contributed by atoms with E-state index < -0.39 is 23.5 Å². The Balaban J connectivity index is 0.000000339. The van der Waals surface area contributed by atoms with Crippen molar-refractivity contribution in [3.8, 4) is 0 Å². The first-order valence-corrected chi connectivity index (χ1v) is 9.46. The number of halogens is 5. The van der Waals surface area contributed by atoms with Crippen LogP contribution in [0, 0.1) is 5.41 Å². The lowest BCUT2D eigenvalue weighted by Crippen LogP contribution is -2.56. The predicted molar refractivity (Wildman–Crippen MR) is 98.5 cm³/mol. The van der Waals surface area contributed by atoms with Gasteiger partial charge in [0, 0.05) is 45.0 Å². The second-order valence-corrected chi connectivity index (χ2v) is 7.56. The molecule has 4 heterocycles. The van der Waals surface area contributed by atoms with Crippen molar-refractivity contribution in [2.45, 2.75) is 31.5 Å². The molecule has 1 unspecified atom stereocenters. The van der Waals surface area contributed by atoms with Crippen molar-refractivity contribution in [1.29, 1.82) is 0 Å². The second kappa shape index (κ2) is 8.77. The quantitative estimate of drug-likeness (QED) is 0.721. The molecule has 1 atom stereocenters. The van der Waals surface area contributed by atoms with Gasteiger partial charge in [-0.2, -0.15) is 13.2 Å². The van der Waals surface area contributed by atoms with E-state index in [2.05, 4.69) is 14.9 Å². The van der Waals surface area contributed by atoms with E-state index in [4.69, 9.17) is 14.3 Å². The molecule has 2 aliphatic rings. The van der Waals surface area contributed by atoms with Gasteiger partial charge in [-0.3, -0.25) is 9.88 Å². The van der Waals surface area contributed by atoms with E-state index >= 15 is 0 Å². The fourth-order valence-electron chi connectivity index (χ4n) is 3.89. The van der Waals surface area contributed by atoms with Crippen LogP contribution in [-0.4, -0.2) is 64.2 Å². The van der Waals surface area contributed by atoms with Crippen LogP contribution in [0.4, 0.5) is 27.8 Å². The van der Waals surface area contributed by atoms with E-state index in [1.165, 1.54) is 0 Å². The summed E-state index contributed by atoms with van der Waals surface area (Å²) >= 11 is 0. The van der Waals surface area contributed by atoms with Gasteiger partial charge in [-0.05, 0) is 18.6 Å². The van der Waals surface area contributed by atoms with Crippen LogP contribution in [-0.2, 0) is 11.3 Å². The molecule has 1 spiro atoms. The van der Waals surface area contributed by atoms with Gasteiger partial charge in [-0.1, -0.05) is 0 Å². The zero-order chi connectivity index (χ0) is 22.7. The molecular formula is C19H21F5N4O3. The van der Waals surface area contributed by atoms with E-state index in [0.717, 1.165) is 5.76 Å². The number of likely N-dealkylation sites (tertiary alicyclic amines) is 1. The van der Waals surface area contributed by atoms with Gasteiger partial charge in [0.1, 0.15) is 11.6 Å². The molecule has 2 aromatic heterocycles. The Morgan fingerprint density at radius 2 is 1.94 bits per heavy atom. The van der Waals surface area contributed by atoms with Gasteiger partial charge in [0.15, 0.2) is 0 Å². The first-order chi connectivity index (χ1) is 14.5. The van der Waals surface area contributed by atoms with Crippen molar-refractivity contribution in [2.24, 2.45) is 5.41 Å². The lowest BCUT2D eigenvalue weighted by atomic mass is 9.75. The van der Waals surface area contributed by atoms with Crippen LogP contribution in [0.1, 0.15) is 18.6 Å². The van der Waals surface area contributed by atoms with Gasteiger partial charge in [-0.15, -0.1) is 0 Å². The van der Waals surface area contributed by atoms with Crippen LogP contribution in [0.5, 0.6) is 0 Å². The Morgan fingerprint density at radius 3 is 2.52 bits per heavy atom. The summed E-state index contributed by atoms with van der Waals surface area (Å²) in [6.45, 7) is 2.24. The summed E-state index contributed by atoms with van der Waals surface area (Å²) in [4.78, 5) is 21.2. The number of hydrogen-bond acceptors (Lipinski definition) is 6. The lowest BCUT2D eigenvalue weighted by molar-refractivity contribution is -0.192. The number of carboxylic acids is 1. The van der Waals surface area contributed by atoms with E-state index in [1.807, 2.05) is 17.0 Å². The van der Waals surface area contributed by atoms with E-state index in [-0.39, 0.29) is 6.42 Å². The summed E-state index contributed by atoms with van der Waals surface area (Å²) in [6, 6.07) is 3.72. The predicted octanol–water partition coefficient (Wildman–Crippen LogP) is 3.44. The smallest absolute Gasteiger partial charge is 0.475 e. The molecule has 0 aliphatic carbocycles.